The molecule has 1 aromatic carbocycles. The lowest BCUT2D eigenvalue weighted by molar-refractivity contribution is -0.121. The number of piperazine rings is 1. The number of anilines is 3. The molecule has 0 bridgehead atoms. The van der Waals surface area contributed by atoms with E-state index < -0.39 is 0 Å². The van der Waals surface area contributed by atoms with Crippen LogP contribution >= 0.6 is 11.3 Å². The highest BCUT2D eigenvalue weighted by Crippen LogP contribution is 2.38. The minimum Gasteiger partial charge on any atom is -0.366 e. The molecule has 4 heterocycles. The van der Waals surface area contributed by atoms with Gasteiger partial charge in [-0.2, -0.15) is 0 Å². The van der Waals surface area contributed by atoms with Crippen LogP contribution in [0.3, 0.4) is 0 Å². The van der Waals surface area contributed by atoms with Crippen LogP contribution in [0, 0.1) is 11.7 Å². The summed E-state index contributed by atoms with van der Waals surface area (Å²) in [7, 11) is 2.02. The number of hydrogen-bond donors (Lipinski definition) is 0. The number of benzene rings is 1. The quantitative estimate of drug-likeness (QED) is 0.332. The molecule has 186 valence electrons. The van der Waals surface area contributed by atoms with Gasteiger partial charge in [-0.05, 0) is 61.6 Å². The highest BCUT2D eigenvalue weighted by molar-refractivity contribution is 7.14. The van der Waals surface area contributed by atoms with Crippen LogP contribution in [0.1, 0.15) is 25.5 Å². The van der Waals surface area contributed by atoms with Crippen molar-refractivity contribution in [3.63, 3.8) is 0 Å². The Labute approximate surface area is 213 Å². The van der Waals surface area contributed by atoms with Crippen LogP contribution < -0.4 is 9.80 Å². The van der Waals surface area contributed by atoms with E-state index in [0.717, 1.165) is 71.7 Å². The summed E-state index contributed by atoms with van der Waals surface area (Å²) in [5.74, 6) is 1.37. The zero-order valence-electron chi connectivity index (χ0n) is 20.5. The summed E-state index contributed by atoms with van der Waals surface area (Å²) >= 11 is 1.56. The van der Waals surface area contributed by atoms with Gasteiger partial charge in [0.2, 0.25) is 6.41 Å². The van der Waals surface area contributed by atoms with E-state index in [4.69, 9.17) is 9.97 Å². The maximum atomic E-state index is 13.4. The maximum absolute atomic E-state index is 13.4. The van der Waals surface area contributed by atoms with E-state index in [9.17, 15) is 9.18 Å². The van der Waals surface area contributed by atoms with Gasteiger partial charge in [-0.15, -0.1) is 11.3 Å². The fourth-order valence-electron chi connectivity index (χ4n) is 5.20. The van der Waals surface area contributed by atoms with Crippen molar-refractivity contribution in [2.45, 2.75) is 32.2 Å². The molecule has 36 heavy (non-hydrogen) atoms. The molecular formula is C27H29FN6OS. The van der Waals surface area contributed by atoms with Crippen molar-refractivity contribution in [3.8, 4) is 11.3 Å². The predicted octanol–water partition coefficient (Wildman–Crippen LogP) is 4.98. The van der Waals surface area contributed by atoms with Gasteiger partial charge in [-0.3, -0.25) is 9.20 Å². The minimum absolute atomic E-state index is 0.253. The first-order valence-electron chi connectivity index (χ1n) is 12.5. The summed E-state index contributed by atoms with van der Waals surface area (Å²) in [5.41, 5.74) is 4.77. The molecule has 3 aromatic heterocycles. The van der Waals surface area contributed by atoms with Crippen molar-refractivity contribution in [2.24, 2.45) is 5.92 Å². The standard InChI is InChI=1S/C27H29FN6OS/c1-3-22-26(31(2)27-30-23(16-36-27)18-6-8-20(28)9-7-18)34-14-21(10-11-25(34)29-22)32-12-13-33(17-35)24(15-32)19-4-5-19/h6-11,14,16-17,19,24H,3-5,12-13,15H2,1-2H3. The molecule has 1 saturated carbocycles. The molecule has 6 rings (SSSR count). The van der Waals surface area contributed by atoms with Gasteiger partial charge < -0.3 is 14.7 Å². The summed E-state index contributed by atoms with van der Waals surface area (Å²) in [4.78, 5) is 27.8. The average molecular weight is 505 g/mol. The molecule has 9 heteroatoms. The minimum atomic E-state index is -0.253. The monoisotopic (exact) mass is 504 g/mol. The fourth-order valence-corrected chi connectivity index (χ4v) is 6.00. The SMILES string of the molecule is CCc1nc2ccc(N3CCN(C=O)C(C4CC4)C3)cn2c1N(C)c1nc(-c2ccc(F)cc2)cs1. The number of nitrogens with zero attached hydrogens (tertiary/aromatic N) is 6. The van der Waals surface area contributed by atoms with Gasteiger partial charge >= 0.3 is 0 Å². The molecule has 0 N–H and O–H groups in total. The number of aromatic nitrogens is 3. The fraction of sp³-hybridized carbons (Fsp3) is 0.370. The molecule has 1 saturated heterocycles. The third-order valence-corrected chi connectivity index (χ3v) is 8.26. The number of fused-ring (bicyclic) bond motifs is 1. The molecular weight excluding hydrogens is 475 g/mol. The van der Waals surface area contributed by atoms with Gasteiger partial charge in [0, 0.05) is 43.8 Å². The molecule has 2 aliphatic rings. The normalized spacial score (nSPS) is 18.1. The number of rotatable bonds is 7. The van der Waals surface area contributed by atoms with Crippen LogP contribution in [-0.4, -0.2) is 58.4 Å². The van der Waals surface area contributed by atoms with Crippen LogP contribution in [0.25, 0.3) is 16.9 Å². The predicted molar refractivity (Wildman–Crippen MR) is 142 cm³/mol. The number of carbonyl (C=O) groups excluding carboxylic acids is 1. The number of halogens is 1. The molecule has 1 atom stereocenters. The number of carbonyl (C=O) groups is 1. The Morgan fingerprint density at radius 3 is 2.67 bits per heavy atom. The van der Waals surface area contributed by atoms with Crippen LogP contribution in [0.15, 0.2) is 48.0 Å². The van der Waals surface area contributed by atoms with Crippen LogP contribution in [0.5, 0.6) is 0 Å². The Balaban J connectivity index is 1.33. The topological polar surface area (TPSA) is 57.0 Å². The summed E-state index contributed by atoms with van der Waals surface area (Å²) in [6, 6.07) is 10.9. The second-order valence-electron chi connectivity index (χ2n) is 9.63. The highest BCUT2D eigenvalue weighted by atomic mass is 32.1. The largest absolute Gasteiger partial charge is 0.366 e. The van der Waals surface area contributed by atoms with Gasteiger partial charge in [0.05, 0.1) is 23.1 Å². The molecule has 1 amide bonds. The van der Waals surface area contributed by atoms with Gasteiger partial charge in [0.1, 0.15) is 17.3 Å². The number of pyridine rings is 1. The first-order chi connectivity index (χ1) is 17.6. The van der Waals surface area contributed by atoms with Crippen molar-refractivity contribution in [2.75, 3.05) is 36.5 Å². The number of hydrogen-bond acceptors (Lipinski definition) is 6. The smallest absolute Gasteiger partial charge is 0.210 e. The van der Waals surface area contributed by atoms with E-state index in [1.54, 1.807) is 23.5 Å². The van der Waals surface area contributed by atoms with Crippen molar-refractivity contribution >= 4 is 40.0 Å². The summed E-state index contributed by atoms with van der Waals surface area (Å²) < 4.78 is 15.5. The lowest BCUT2D eigenvalue weighted by Crippen LogP contribution is -2.53. The highest BCUT2D eigenvalue weighted by Gasteiger charge is 2.38. The van der Waals surface area contributed by atoms with E-state index in [1.807, 2.05) is 17.3 Å². The van der Waals surface area contributed by atoms with Crippen LogP contribution in [0.2, 0.25) is 0 Å². The Bertz CT molecular complexity index is 1400. The van der Waals surface area contributed by atoms with Crippen LogP contribution in [-0.2, 0) is 11.2 Å². The maximum Gasteiger partial charge on any atom is 0.210 e. The second kappa shape index (κ2) is 9.20. The third kappa shape index (κ3) is 4.11. The molecule has 0 radical (unpaired) electrons. The summed E-state index contributed by atoms with van der Waals surface area (Å²) in [6.07, 6.45) is 6.42. The zero-order chi connectivity index (χ0) is 24.8. The molecule has 2 fully saturated rings. The molecule has 1 aliphatic carbocycles. The zero-order valence-corrected chi connectivity index (χ0v) is 21.3. The third-order valence-electron chi connectivity index (χ3n) is 7.35. The van der Waals surface area contributed by atoms with Crippen molar-refractivity contribution < 1.29 is 9.18 Å². The Morgan fingerprint density at radius 1 is 1.14 bits per heavy atom. The molecule has 1 unspecified atom stereocenters. The first-order valence-corrected chi connectivity index (χ1v) is 13.4. The molecule has 1 aliphatic heterocycles. The summed E-state index contributed by atoms with van der Waals surface area (Å²) in [5, 5.41) is 2.86. The van der Waals surface area contributed by atoms with E-state index in [2.05, 4.69) is 39.5 Å². The second-order valence-corrected chi connectivity index (χ2v) is 10.5. The Kier molecular flexibility index (Phi) is 5.87. The molecule has 7 nitrogen and oxygen atoms in total. The van der Waals surface area contributed by atoms with Crippen molar-refractivity contribution in [1.82, 2.24) is 19.3 Å². The molecule has 4 aromatic rings. The van der Waals surface area contributed by atoms with Crippen LogP contribution in [0.4, 0.5) is 21.0 Å². The lowest BCUT2D eigenvalue weighted by Gasteiger charge is -2.41. The first kappa shape index (κ1) is 23.0. The van der Waals surface area contributed by atoms with E-state index in [1.165, 1.54) is 25.0 Å². The Hall–Kier alpha value is -3.46. The van der Waals surface area contributed by atoms with Gasteiger partial charge in [0.25, 0.3) is 0 Å². The number of aryl methyl sites for hydroxylation is 1. The van der Waals surface area contributed by atoms with Crippen molar-refractivity contribution in [3.05, 3.63) is 59.5 Å². The number of imidazole rings is 1. The average Bonchev–Trinajstić information content (AvgIpc) is 3.51. The van der Waals surface area contributed by atoms with Gasteiger partial charge in [-0.1, -0.05) is 6.92 Å². The van der Waals surface area contributed by atoms with E-state index >= 15 is 0 Å². The van der Waals surface area contributed by atoms with Gasteiger partial charge in [-0.25, -0.2) is 14.4 Å². The van der Waals surface area contributed by atoms with Crippen molar-refractivity contribution in [1.29, 1.82) is 0 Å². The molecule has 0 spiro atoms. The lowest BCUT2D eigenvalue weighted by atomic mass is 10.1. The summed E-state index contributed by atoms with van der Waals surface area (Å²) in [6.45, 7) is 4.56. The van der Waals surface area contributed by atoms with E-state index in [0.29, 0.717) is 12.0 Å². The van der Waals surface area contributed by atoms with E-state index in [-0.39, 0.29) is 5.82 Å². The van der Waals surface area contributed by atoms with Gasteiger partial charge in [0.15, 0.2) is 5.13 Å². The Morgan fingerprint density at radius 2 is 1.94 bits per heavy atom. The number of thiazole rings is 1. The number of amides is 1.